The number of thiazole rings is 1. The quantitative estimate of drug-likeness (QED) is 0.305. The number of rotatable bonds is 5. The topological polar surface area (TPSA) is 65.8 Å². The van der Waals surface area contributed by atoms with Crippen LogP contribution in [-0.4, -0.2) is 10.9 Å². The normalized spacial score (nSPS) is 11.1. The largest absolute Gasteiger partial charge is 0.312 e. The molecule has 32 heavy (non-hydrogen) atoms. The van der Waals surface area contributed by atoms with Crippen molar-refractivity contribution in [2.45, 2.75) is 0 Å². The number of carbonyl (C=O) groups excluding carboxylic acids is 1. The molecular formula is C25H15Cl2N3OS. The van der Waals surface area contributed by atoms with Crippen molar-refractivity contribution in [3.63, 3.8) is 0 Å². The molecule has 0 saturated carbocycles. The van der Waals surface area contributed by atoms with Gasteiger partial charge in [-0.1, -0.05) is 89.1 Å². The molecule has 3 aromatic carbocycles. The molecule has 0 atom stereocenters. The molecule has 1 amide bonds. The van der Waals surface area contributed by atoms with Crippen LogP contribution >= 0.6 is 34.5 Å². The van der Waals surface area contributed by atoms with Crippen LogP contribution in [0.25, 0.3) is 22.9 Å². The lowest BCUT2D eigenvalue weighted by Gasteiger charge is -2.05. The van der Waals surface area contributed by atoms with Crippen molar-refractivity contribution in [3.8, 4) is 17.3 Å². The maximum absolute atomic E-state index is 12.8. The number of benzene rings is 3. The van der Waals surface area contributed by atoms with Gasteiger partial charge in [0.25, 0.3) is 5.91 Å². The summed E-state index contributed by atoms with van der Waals surface area (Å²) in [6, 6.07) is 25.7. The third kappa shape index (κ3) is 4.74. The Bertz CT molecular complexity index is 1320. The number of nitrogens with zero attached hydrogens (tertiary/aromatic N) is 2. The lowest BCUT2D eigenvalue weighted by molar-refractivity contribution is 0.102. The van der Waals surface area contributed by atoms with E-state index in [9.17, 15) is 10.1 Å². The first-order valence-corrected chi connectivity index (χ1v) is 11.1. The maximum Gasteiger partial charge on any atom is 0.256 e. The average Bonchev–Trinajstić information content (AvgIpc) is 3.23. The molecule has 1 heterocycles. The fourth-order valence-corrected chi connectivity index (χ4v) is 4.47. The molecule has 1 aromatic heterocycles. The third-order valence-corrected chi connectivity index (χ3v) is 6.24. The van der Waals surface area contributed by atoms with Gasteiger partial charge in [0.2, 0.25) is 0 Å². The van der Waals surface area contributed by atoms with Crippen molar-refractivity contribution in [3.05, 3.63) is 105 Å². The summed E-state index contributed by atoms with van der Waals surface area (Å²) in [7, 11) is 0. The molecule has 0 aliphatic heterocycles. The van der Waals surface area contributed by atoms with E-state index in [1.165, 1.54) is 11.3 Å². The SMILES string of the molecule is N#CC(=Cc1c(Cl)cccc1Cl)c1nc(-c2ccccc2)c(NC(=O)c2ccccc2)s1. The molecule has 0 saturated heterocycles. The fraction of sp³-hybridized carbons (Fsp3) is 0. The highest BCUT2D eigenvalue weighted by Gasteiger charge is 2.19. The Labute approximate surface area is 199 Å². The lowest BCUT2D eigenvalue weighted by Crippen LogP contribution is -2.11. The van der Waals surface area contributed by atoms with Gasteiger partial charge in [-0.05, 0) is 30.3 Å². The Morgan fingerprint density at radius 1 is 0.938 bits per heavy atom. The summed E-state index contributed by atoms with van der Waals surface area (Å²) in [6.07, 6.45) is 1.61. The smallest absolute Gasteiger partial charge is 0.256 e. The van der Waals surface area contributed by atoms with Crippen LogP contribution < -0.4 is 5.32 Å². The zero-order valence-electron chi connectivity index (χ0n) is 16.5. The highest BCUT2D eigenvalue weighted by molar-refractivity contribution is 7.17. The number of hydrogen-bond donors (Lipinski definition) is 1. The van der Waals surface area contributed by atoms with Gasteiger partial charge < -0.3 is 5.32 Å². The molecule has 0 unspecified atom stereocenters. The van der Waals surface area contributed by atoms with Crippen LogP contribution in [0.2, 0.25) is 10.0 Å². The molecule has 1 N–H and O–H groups in total. The number of hydrogen-bond acceptors (Lipinski definition) is 4. The van der Waals surface area contributed by atoms with Gasteiger partial charge in [-0.15, -0.1) is 0 Å². The minimum atomic E-state index is -0.255. The van der Waals surface area contributed by atoms with Crippen molar-refractivity contribution in [2.75, 3.05) is 5.32 Å². The summed E-state index contributed by atoms with van der Waals surface area (Å²) < 4.78 is 0. The second-order valence-corrected chi connectivity index (χ2v) is 8.50. The van der Waals surface area contributed by atoms with E-state index in [0.29, 0.717) is 42.4 Å². The summed E-state index contributed by atoms with van der Waals surface area (Å²) in [5.74, 6) is -0.255. The zero-order chi connectivity index (χ0) is 22.5. The lowest BCUT2D eigenvalue weighted by atomic mass is 10.1. The molecule has 4 rings (SSSR count). The Balaban J connectivity index is 1.79. The minimum Gasteiger partial charge on any atom is -0.312 e. The van der Waals surface area contributed by atoms with Gasteiger partial charge in [0.15, 0.2) is 0 Å². The molecular weight excluding hydrogens is 461 g/mol. The van der Waals surface area contributed by atoms with E-state index >= 15 is 0 Å². The van der Waals surface area contributed by atoms with Crippen LogP contribution in [0.4, 0.5) is 5.00 Å². The van der Waals surface area contributed by atoms with E-state index in [0.717, 1.165) is 5.56 Å². The Morgan fingerprint density at radius 3 is 2.19 bits per heavy atom. The van der Waals surface area contributed by atoms with E-state index in [-0.39, 0.29) is 5.91 Å². The fourth-order valence-electron chi connectivity index (χ4n) is 3.01. The van der Waals surface area contributed by atoms with Gasteiger partial charge in [-0.2, -0.15) is 5.26 Å². The number of allylic oxidation sites excluding steroid dienone is 1. The average molecular weight is 476 g/mol. The zero-order valence-corrected chi connectivity index (χ0v) is 18.9. The Hall–Kier alpha value is -3.43. The third-order valence-electron chi connectivity index (χ3n) is 4.58. The maximum atomic E-state index is 12.8. The van der Waals surface area contributed by atoms with Crippen LogP contribution in [0.15, 0.2) is 78.9 Å². The molecule has 4 nitrogen and oxygen atoms in total. The van der Waals surface area contributed by atoms with Gasteiger partial charge in [-0.3, -0.25) is 4.79 Å². The molecule has 156 valence electrons. The predicted molar refractivity (Wildman–Crippen MR) is 132 cm³/mol. The minimum absolute atomic E-state index is 0.255. The van der Waals surface area contributed by atoms with Crippen LogP contribution in [-0.2, 0) is 0 Å². The van der Waals surface area contributed by atoms with Crippen molar-refractivity contribution in [2.24, 2.45) is 0 Å². The van der Waals surface area contributed by atoms with Gasteiger partial charge in [0.05, 0.1) is 5.57 Å². The molecule has 0 spiro atoms. The predicted octanol–water partition coefficient (Wildman–Crippen LogP) is 7.43. The van der Waals surface area contributed by atoms with E-state index in [2.05, 4.69) is 16.4 Å². The van der Waals surface area contributed by atoms with Crippen LogP contribution in [0.5, 0.6) is 0 Å². The molecule has 0 aliphatic rings. The monoisotopic (exact) mass is 475 g/mol. The molecule has 0 bridgehead atoms. The summed E-state index contributed by atoms with van der Waals surface area (Å²) in [5, 5.41) is 14.6. The van der Waals surface area contributed by atoms with E-state index in [4.69, 9.17) is 23.2 Å². The van der Waals surface area contributed by atoms with Crippen molar-refractivity contribution in [1.29, 1.82) is 5.26 Å². The number of amides is 1. The van der Waals surface area contributed by atoms with Crippen LogP contribution in [0.3, 0.4) is 0 Å². The van der Waals surface area contributed by atoms with Gasteiger partial charge in [0, 0.05) is 26.7 Å². The summed E-state index contributed by atoms with van der Waals surface area (Å²) in [4.78, 5) is 17.5. The standard InChI is InChI=1S/C25H15Cl2N3OS/c26-20-12-7-13-21(27)19(20)14-18(15-28)24-29-22(16-8-3-1-4-9-16)25(32-24)30-23(31)17-10-5-2-6-11-17/h1-14H,(H,30,31). The molecule has 0 radical (unpaired) electrons. The molecule has 0 fully saturated rings. The number of anilines is 1. The first-order valence-electron chi connectivity index (χ1n) is 9.55. The van der Waals surface area contributed by atoms with E-state index in [1.54, 1.807) is 48.5 Å². The summed E-state index contributed by atoms with van der Waals surface area (Å²) in [6.45, 7) is 0. The van der Waals surface area contributed by atoms with Crippen molar-refractivity contribution in [1.82, 2.24) is 4.98 Å². The first kappa shape index (κ1) is 21.8. The van der Waals surface area contributed by atoms with Crippen LogP contribution in [0.1, 0.15) is 20.9 Å². The summed E-state index contributed by atoms with van der Waals surface area (Å²) >= 11 is 13.8. The molecule has 7 heteroatoms. The van der Waals surface area contributed by atoms with E-state index < -0.39 is 0 Å². The van der Waals surface area contributed by atoms with E-state index in [1.807, 2.05) is 36.4 Å². The second kappa shape index (κ2) is 9.80. The number of nitriles is 1. The first-order chi connectivity index (χ1) is 15.6. The van der Waals surface area contributed by atoms with Gasteiger partial charge in [0.1, 0.15) is 21.8 Å². The Morgan fingerprint density at radius 2 is 1.56 bits per heavy atom. The van der Waals surface area contributed by atoms with Gasteiger partial charge in [-0.25, -0.2) is 4.98 Å². The van der Waals surface area contributed by atoms with Crippen molar-refractivity contribution < 1.29 is 4.79 Å². The highest BCUT2D eigenvalue weighted by atomic mass is 35.5. The molecule has 4 aromatic rings. The number of carbonyl (C=O) groups is 1. The molecule has 0 aliphatic carbocycles. The number of aromatic nitrogens is 1. The second-order valence-electron chi connectivity index (χ2n) is 6.69. The summed E-state index contributed by atoms with van der Waals surface area (Å²) in [5.41, 5.74) is 2.77. The Kier molecular flexibility index (Phi) is 6.67. The highest BCUT2D eigenvalue weighted by Crippen LogP contribution is 2.37. The van der Waals surface area contributed by atoms with Gasteiger partial charge >= 0.3 is 0 Å². The van der Waals surface area contributed by atoms with Crippen molar-refractivity contribution >= 4 is 57.1 Å². The number of halogens is 2. The number of nitrogens with one attached hydrogen (secondary N) is 1. The van der Waals surface area contributed by atoms with Crippen LogP contribution in [0, 0.1) is 11.3 Å².